The number of pyridine rings is 1. The monoisotopic (exact) mass is 222 g/mol. The Kier molecular flexibility index (Phi) is 4.09. The van der Waals surface area contributed by atoms with Crippen LogP contribution in [0, 0.1) is 22.5 Å². The molecule has 0 radical (unpaired) electrons. The van der Waals surface area contributed by atoms with Gasteiger partial charge in [0.15, 0.2) is 6.61 Å². The molecule has 1 heterocycles. The van der Waals surface area contributed by atoms with E-state index in [4.69, 9.17) is 15.9 Å². The second-order valence-corrected chi connectivity index (χ2v) is 2.66. The molecule has 0 saturated heterocycles. The van der Waals surface area contributed by atoms with Gasteiger partial charge in [0.1, 0.15) is 0 Å². The van der Waals surface area contributed by atoms with Crippen molar-refractivity contribution >= 4 is 5.82 Å². The summed E-state index contributed by atoms with van der Waals surface area (Å²) in [6, 6.07) is 2.67. The number of aromatic nitrogens is 1. The van der Waals surface area contributed by atoms with Crippen LogP contribution in [0.25, 0.3) is 0 Å². The third kappa shape index (κ3) is 2.85. The lowest BCUT2D eigenvalue weighted by Crippen LogP contribution is -2.03. The van der Waals surface area contributed by atoms with E-state index in [-0.39, 0.29) is 18.3 Å². The number of ether oxygens (including phenoxy) is 2. The molecule has 0 N–H and O–H groups in total. The number of hydrogen-bond donors (Lipinski definition) is 0. The summed E-state index contributed by atoms with van der Waals surface area (Å²) in [6.07, 6.45) is 5.02. The van der Waals surface area contributed by atoms with Gasteiger partial charge in [-0.25, -0.2) is 0 Å². The van der Waals surface area contributed by atoms with Gasteiger partial charge in [-0.3, -0.25) is 0 Å². The van der Waals surface area contributed by atoms with Crippen LogP contribution in [0.2, 0.25) is 0 Å². The molecule has 0 fully saturated rings. The van der Waals surface area contributed by atoms with Crippen LogP contribution in [-0.4, -0.2) is 23.1 Å². The van der Waals surface area contributed by atoms with E-state index in [9.17, 15) is 10.1 Å². The molecule has 0 aliphatic carbocycles. The lowest BCUT2D eigenvalue weighted by molar-refractivity contribution is -0.389. The zero-order valence-corrected chi connectivity index (χ0v) is 8.67. The number of rotatable bonds is 5. The first-order valence-electron chi connectivity index (χ1n) is 4.53. The molecule has 0 bridgehead atoms. The molecule has 1 rings (SSSR count). The highest BCUT2D eigenvalue weighted by atomic mass is 16.6. The number of nitrogens with zero attached hydrogens (tertiary/aromatic N) is 2. The van der Waals surface area contributed by atoms with Gasteiger partial charge in [-0.1, -0.05) is 5.92 Å². The third-order valence-electron chi connectivity index (χ3n) is 1.59. The zero-order chi connectivity index (χ0) is 12.0. The fourth-order valence-corrected chi connectivity index (χ4v) is 0.998. The first-order valence-corrected chi connectivity index (χ1v) is 4.53. The Labute approximate surface area is 92.4 Å². The first kappa shape index (κ1) is 11.8. The first-order chi connectivity index (χ1) is 7.69. The molecule has 0 aliphatic rings. The van der Waals surface area contributed by atoms with Crippen molar-refractivity contribution in [2.24, 2.45) is 0 Å². The van der Waals surface area contributed by atoms with Crippen molar-refractivity contribution in [1.29, 1.82) is 0 Å². The molecule has 0 atom stereocenters. The van der Waals surface area contributed by atoms with Gasteiger partial charge in [-0.15, -0.1) is 6.42 Å². The second-order valence-electron chi connectivity index (χ2n) is 2.66. The standard InChI is InChI=1S/C10H10N2O4/c1-3-7-16-10-8(15-4-2)5-6-9(11-10)12(13)14/h1,5-6H,4,7H2,2H3. The minimum absolute atomic E-state index is 0.0196. The van der Waals surface area contributed by atoms with Crippen LogP contribution >= 0.6 is 0 Å². The van der Waals surface area contributed by atoms with E-state index in [1.54, 1.807) is 6.92 Å². The minimum Gasteiger partial charge on any atom is -0.486 e. The van der Waals surface area contributed by atoms with Gasteiger partial charge in [0.25, 0.3) is 0 Å². The number of terminal acetylenes is 1. The van der Waals surface area contributed by atoms with Crippen molar-refractivity contribution in [1.82, 2.24) is 4.98 Å². The maximum Gasteiger partial charge on any atom is 0.372 e. The molecule has 0 spiro atoms. The topological polar surface area (TPSA) is 74.5 Å². The van der Waals surface area contributed by atoms with Crippen molar-refractivity contribution in [2.45, 2.75) is 6.92 Å². The largest absolute Gasteiger partial charge is 0.486 e. The zero-order valence-electron chi connectivity index (χ0n) is 8.67. The van der Waals surface area contributed by atoms with E-state index in [2.05, 4.69) is 10.9 Å². The highest BCUT2D eigenvalue weighted by molar-refractivity contribution is 5.39. The number of nitro groups is 1. The van der Waals surface area contributed by atoms with Crippen LogP contribution in [0.4, 0.5) is 5.82 Å². The summed E-state index contributed by atoms with van der Waals surface area (Å²) in [5, 5.41) is 10.5. The van der Waals surface area contributed by atoms with Crippen LogP contribution in [-0.2, 0) is 0 Å². The number of hydrogen-bond acceptors (Lipinski definition) is 5. The van der Waals surface area contributed by atoms with Crippen molar-refractivity contribution in [2.75, 3.05) is 13.2 Å². The third-order valence-corrected chi connectivity index (χ3v) is 1.59. The predicted octanol–water partition coefficient (Wildman–Crippen LogP) is 1.40. The van der Waals surface area contributed by atoms with Crippen molar-refractivity contribution in [3.05, 3.63) is 22.2 Å². The van der Waals surface area contributed by atoms with Crippen molar-refractivity contribution < 1.29 is 14.4 Å². The average Bonchev–Trinajstić information content (AvgIpc) is 2.27. The maximum absolute atomic E-state index is 10.5. The van der Waals surface area contributed by atoms with E-state index in [0.29, 0.717) is 12.4 Å². The SMILES string of the molecule is C#CCOc1nc([N+](=O)[O-])ccc1OCC. The van der Waals surface area contributed by atoms with Gasteiger partial charge in [-0.2, -0.15) is 0 Å². The molecule has 6 nitrogen and oxygen atoms in total. The fourth-order valence-electron chi connectivity index (χ4n) is 0.998. The molecule has 0 saturated carbocycles. The Balaban J connectivity index is 3.01. The lowest BCUT2D eigenvalue weighted by Gasteiger charge is -2.05. The van der Waals surface area contributed by atoms with Crippen LogP contribution in [0.5, 0.6) is 11.6 Å². The summed E-state index contributed by atoms with van der Waals surface area (Å²) in [6.45, 7) is 2.17. The van der Waals surface area contributed by atoms with E-state index in [1.165, 1.54) is 12.1 Å². The highest BCUT2D eigenvalue weighted by Gasteiger charge is 2.17. The fraction of sp³-hybridized carbons (Fsp3) is 0.300. The van der Waals surface area contributed by atoms with E-state index >= 15 is 0 Å². The summed E-state index contributed by atoms with van der Waals surface area (Å²) in [5.41, 5.74) is 0. The molecule has 84 valence electrons. The molecule has 0 amide bonds. The summed E-state index contributed by atoms with van der Waals surface area (Å²) in [5.74, 6) is 2.31. The minimum atomic E-state index is -0.613. The van der Waals surface area contributed by atoms with Crippen LogP contribution in [0.1, 0.15) is 6.92 Å². The van der Waals surface area contributed by atoms with Crippen LogP contribution < -0.4 is 9.47 Å². The van der Waals surface area contributed by atoms with Crippen molar-refractivity contribution in [3.8, 4) is 24.0 Å². The Bertz CT molecular complexity index is 425. The summed E-state index contributed by atoms with van der Waals surface area (Å²) < 4.78 is 10.2. The smallest absolute Gasteiger partial charge is 0.372 e. The van der Waals surface area contributed by atoms with Gasteiger partial charge in [0.2, 0.25) is 5.75 Å². The van der Waals surface area contributed by atoms with Crippen molar-refractivity contribution in [3.63, 3.8) is 0 Å². The van der Waals surface area contributed by atoms with Crippen LogP contribution in [0.15, 0.2) is 12.1 Å². The molecular formula is C10H10N2O4. The predicted molar refractivity (Wildman–Crippen MR) is 56.4 cm³/mol. The normalized spacial score (nSPS) is 9.25. The molecule has 0 unspecified atom stereocenters. The van der Waals surface area contributed by atoms with E-state index < -0.39 is 4.92 Å². The molecule has 0 aromatic carbocycles. The summed E-state index contributed by atoms with van der Waals surface area (Å²) >= 11 is 0. The Morgan fingerprint density at radius 1 is 1.56 bits per heavy atom. The maximum atomic E-state index is 10.5. The van der Waals surface area contributed by atoms with Gasteiger partial charge in [0.05, 0.1) is 6.61 Å². The molecule has 6 heteroatoms. The Hall–Kier alpha value is -2.29. The quantitative estimate of drug-likeness (QED) is 0.427. The van der Waals surface area contributed by atoms with Gasteiger partial charge in [0, 0.05) is 11.1 Å². The lowest BCUT2D eigenvalue weighted by atomic mass is 10.4. The molecule has 16 heavy (non-hydrogen) atoms. The summed E-state index contributed by atoms with van der Waals surface area (Å²) in [7, 11) is 0. The van der Waals surface area contributed by atoms with Gasteiger partial charge >= 0.3 is 11.7 Å². The van der Waals surface area contributed by atoms with Gasteiger partial charge in [-0.05, 0) is 17.9 Å². The Morgan fingerprint density at radius 2 is 2.31 bits per heavy atom. The highest BCUT2D eigenvalue weighted by Crippen LogP contribution is 2.27. The second kappa shape index (κ2) is 5.56. The molecular weight excluding hydrogens is 212 g/mol. The van der Waals surface area contributed by atoms with Crippen LogP contribution in [0.3, 0.4) is 0 Å². The molecule has 0 aliphatic heterocycles. The summed E-state index contributed by atoms with van der Waals surface area (Å²) in [4.78, 5) is 13.6. The van der Waals surface area contributed by atoms with Gasteiger partial charge < -0.3 is 19.6 Å². The average molecular weight is 222 g/mol. The molecule has 1 aromatic rings. The molecule has 1 aromatic heterocycles. The van der Waals surface area contributed by atoms with E-state index in [0.717, 1.165) is 0 Å². The Morgan fingerprint density at radius 3 is 2.88 bits per heavy atom. The van der Waals surface area contributed by atoms with E-state index in [1.807, 2.05) is 0 Å².